The van der Waals surface area contributed by atoms with Crippen molar-refractivity contribution < 1.29 is 23.6 Å². The zero-order valence-corrected chi connectivity index (χ0v) is 10.7. The van der Waals surface area contributed by atoms with E-state index < -0.39 is 11.8 Å². The van der Waals surface area contributed by atoms with Gasteiger partial charge in [-0.15, -0.1) is 0 Å². The lowest BCUT2D eigenvalue weighted by Gasteiger charge is -2.08. The number of carboxylic acid groups (broad SMARTS) is 1. The zero-order chi connectivity index (χ0) is 14.5. The van der Waals surface area contributed by atoms with E-state index in [0.717, 1.165) is 6.08 Å². The molecule has 0 aliphatic carbocycles. The fraction of sp³-hybridized carbons (Fsp3) is 0.143. The van der Waals surface area contributed by atoms with Gasteiger partial charge in [0.2, 0.25) is 0 Å². The van der Waals surface area contributed by atoms with Crippen LogP contribution in [-0.4, -0.2) is 16.2 Å². The molecule has 2 aromatic rings. The first-order chi connectivity index (χ1) is 9.56. The molecular formula is C14H12FNO4. The fourth-order valence-electron chi connectivity index (χ4n) is 1.60. The second kappa shape index (κ2) is 6.01. The van der Waals surface area contributed by atoms with E-state index in [1.807, 2.05) is 0 Å². The van der Waals surface area contributed by atoms with Crippen LogP contribution in [0.15, 0.2) is 34.9 Å². The Balaban J connectivity index is 2.19. The lowest BCUT2D eigenvalue weighted by Crippen LogP contribution is -1.99. The number of benzene rings is 1. The molecule has 0 spiro atoms. The topological polar surface area (TPSA) is 72.6 Å². The molecule has 0 amide bonds. The van der Waals surface area contributed by atoms with Crippen molar-refractivity contribution in [1.82, 2.24) is 5.16 Å². The number of aliphatic carboxylic acids is 1. The van der Waals surface area contributed by atoms with Crippen LogP contribution in [-0.2, 0) is 11.4 Å². The smallest absolute Gasteiger partial charge is 0.328 e. The van der Waals surface area contributed by atoms with E-state index in [-0.39, 0.29) is 12.4 Å². The minimum Gasteiger partial charge on any atom is -0.483 e. The Morgan fingerprint density at radius 2 is 2.35 bits per heavy atom. The molecule has 20 heavy (non-hydrogen) atoms. The van der Waals surface area contributed by atoms with Crippen LogP contribution in [0.5, 0.6) is 5.75 Å². The van der Waals surface area contributed by atoms with E-state index in [1.54, 1.807) is 19.1 Å². The van der Waals surface area contributed by atoms with Gasteiger partial charge in [-0.3, -0.25) is 0 Å². The molecule has 0 saturated heterocycles. The molecule has 0 saturated carbocycles. The number of aromatic nitrogens is 1. The number of rotatable bonds is 5. The molecule has 0 aliphatic heterocycles. The van der Waals surface area contributed by atoms with Gasteiger partial charge in [0.25, 0.3) is 0 Å². The maximum atomic E-state index is 13.7. The van der Waals surface area contributed by atoms with Crippen molar-refractivity contribution in [2.24, 2.45) is 0 Å². The zero-order valence-electron chi connectivity index (χ0n) is 10.7. The van der Waals surface area contributed by atoms with Crippen molar-refractivity contribution in [3.8, 4) is 5.75 Å². The van der Waals surface area contributed by atoms with Gasteiger partial charge in [0.05, 0.1) is 0 Å². The summed E-state index contributed by atoms with van der Waals surface area (Å²) in [6, 6.07) is 5.95. The third-order valence-corrected chi connectivity index (χ3v) is 2.44. The second-order valence-corrected chi connectivity index (χ2v) is 4.05. The van der Waals surface area contributed by atoms with Crippen LogP contribution < -0.4 is 4.74 Å². The van der Waals surface area contributed by atoms with Crippen LogP contribution in [0.2, 0.25) is 0 Å². The molecule has 6 heteroatoms. The molecule has 0 bridgehead atoms. The number of para-hydroxylation sites is 1. The van der Waals surface area contributed by atoms with Crippen LogP contribution in [0.1, 0.15) is 17.0 Å². The molecule has 0 radical (unpaired) electrons. The van der Waals surface area contributed by atoms with Crippen molar-refractivity contribution >= 4 is 12.0 Å². The van der Waals surface area contributed by atoms with Crippen LogP contribution in [0, 0.1) is 12.7 Å². The average Bonchev–Trinajstić information content (AvgIpc) is 2.81. The normalized spacial score (nSPS) is 10.9. The molecule has 1 aromatic heterocycles. The monoisotopic (exact) mass is 277 g/mol. The van der Waals surface area contributed by atoms with Gasteiger partial charge in [0.1, 0.15) is 18.1 Å². The summed E-state index contributed by atoms with van der Waals surface area (Å²) in [5.74, 6) is -1.08. The average molecular weight is 277 g/mol. The highest BCUT2D eigenvalue weighted by molar-refractivity contribution is 5.85. The van der Waals surface area contributed by atoms with E-state index >= 15 is 0 Å². The van der Waals surface area contributed by atoms with E-state index in [2.05, 4.69) is 5.16 Å². The first-order valence-corrected chi connectivity index (χ1v) is 5.81. The van der Waals surface area contributed by atoms with Gasteiger partial charge in [-0.1, -0.05) is 17.3 Å². The lowest BCUT2D eigenvalue weighted by atomic mass is 10.2. The number of hydrogen-bond donors (Lipinski definition) is 1. The van der Waals surface area contributed by atoms with Gasteiger partial charge in [-0.25, -0.2) is 9.18 Å². The van der Waals surface area contributed by atoms with Crippen molar-refractivity contribution in [2.45, 2.75) is 13.5 Å². The van der Waals surface area contributed by atoms with Crippen molar-refractivity contribution in [1.29, 1.82) is 0 Å². The van der Waals surface area contributed by atoms with Gasteiger partial charge < -0.3 is 14.4 Å². The quantitative estimate of drug-likeness (QED) is 0.851. The number of carboxylic acids is 1. The summed E-state index contributed by atoms with van der Waals surface area (Å²) in [7, 11) is 0. The van der Waals surface area contributed by atoms with Crippen LogP contribution >= 0.6 is 0 Å². The van der Waals surface area contributed by atoms with Crippen molar-refractivity contribution in [3.63, 3.8) is 0 Å². The minimum atomic E-state index is -1.12. The van der Waals surface area contributed by atoms with Crippen LogP contribution in [0.25, 0.3) is 6.08 Å². The van der Waals surface area contributed by atoms with Gasteiger partial charge in [0, 0.05) is 17.7 Å². The molecule has 0 atom stereocenters. The number of halogens is 1. The van der Waals surface area contributed by atoms with Gasteiger partial charge in [-0.05, 0) is 19.1 Å². The molecule has 1 N–H and O–H groups in total. The number of nitrogens with zero attached hydrogens (tertiary/aromatic N) is 1. The molecule has 1 heterocycles. The Morgan fingerprint density at radius 3 is 3.00 bits per heavy atom. The molecule has 2 rings (SSSR count). The largest absolute Gasteiger partial charge is 0.483 e. The van der Waals surface area contributed by atoms with Crippen molar-refractivity contribution in [2.75, 3.05) is 0 Å². The van der Waals surface area contributed by atoms with E-state index in [1.165, 1.54) is 18.2 Å². The van der Waals surface area contributed by atoms with Crippen molar-refractivity contribution in [3.05, 3.63) is 53.2 Å². The predicted molar refractivity (Wildman–Crippen MR) is 68.6 cm³/mol. The summed E-state index contributed by atoms with van der Waals surface area (Å²) in [5, 5.41) is 12.3. The third-order valence-electron chi connectivity index (χ3n) is 2.44. The highest BCUT2D eigenvalue weighted by Crippen LogP contribution is 2.25. The third kappa shape index (κ3) is 3.44. The Hall–Kier alpha value is -2.63. The van der Waals surface area contributed by atoms with E-state index in [0.29, 0.717) is 17.0 Å². The maximum Gasteiger partial charge on any atom is 0.328 e. The standard InChI is InChI=1S/C14H12FNO4/c1-9-7-11(16-20-9)8-19-14-10(5-6-13(17)18)3-2-4-12(14)15/h2-7H,8H2,1H3,(H,17,18)/b6-5+. The molecule has 1 aromatic carbocycles. The first-order valence-electron chi connectivity index (χ1n) is 5.81. The fourth-order valence-corrected chi connectivity index (χ4v) is 1.60. The number of ether oxygens (including phenoxy) is 1. The first kappa shape index (κ1) is 13.8. The van der Waals surface area contributed by atoms with Gasteiger partial charge >= 0.3 is 5.97 Å². The Labute approximate surface area is 114 Å². The van der Waals surface area contributed by atoms with Crippen LogP contribution in [0.4, 0.5) is 4.39 Å². The number of hydrogen-bond acceptors (Lipinski definition) is 4. The molecule has 0 unspecified atom stereocenters. The minimum absolute atomic E-state index is 0.0225. The molecule has 104 valence electrons. The molecular weight excluding hydrogens is 265 g/mol. The highest BCUT2D eigenvalue weighted by atomic mass is 19.1. The molecule has 0 fully saturated rings. The Kier molecular flexibility index (Phi) is 4.14. The van der Waals surface area contributed by atoms with Crippen LogP contribution in [0.3, 0.4) is 0 Å². The number of carbonyl (C=O) groups is 1. The Morgan fingerprint density at radius 1 is 1.55 bits per heavy atom. The lowest BCUT2D eigenvalue weighted by molar-refractivity contribution is -0.131. The molecule has 0 aliphatic rings. The summed E-state index contributed by atoms with van der Waals surface area (Å²) in [5.41, 5.74) is 0.867. The number of aryl methyl sites for hydroxylation is 1. The summed E-state index contributed by atoms with van der Waals surface area (Å²) >= 11 is 0. The van der Waals surface area contributed by atoms with E-state index in [9.17, 15) is 9.18 Å². The predicted octanol–water partition coefficient (Wildman–Crippen LogP) is 2.80. The summed E-state index contributed by atoms with van der Waals surface area (Å²) in [4.78, 5) is 10.5. The summed E-state index contributed by atoms with van der Waals surface area (Å²) in [6.45, 7) is 1.77. The van der Waals surface area contributed by atoms with Gasteiger partial charge in [-0.2, -0.15) is 0 Å². The SMILES string of the molecule is Cc1cc(COc2c(F)cccc2/C=C/C(=O)O)no1. The maximum absolute atomic E-state index is 13.7. The van der Waals surface area contributed by atoms with Gasteiger partial charge in [0.15, 0.2) is 11.6 Å². The van der Waals surface area contributed by atoms with E-state index in [4.69, 9.17) is 14.4 Å². The highest BCUT2D eigenvalue weighted by Gasteiger charge is 2.10. The molecule has 5 nitrogen and oxygen atoms in total. The summed E-state index contributed by atoms with van der Waals surface area (Å²) in [6.07, 6.45) is 2.19. The Bertz CT molecular complexity index is 648. The second-order valence-electron chi connectivity index (χ2n) is 4.05. The summed E-state index contributed by atoms with van der Waals surface area (Å²) < 4.78 is 24.0.